The van der Waals surface area contributed by atoms with Crippen LogP contribution < -0.4 is 14.2 Å². The number of methoxy groups -OCH3 is 2. The van der Waals surface area contributed by atoms with Gasteiger partial charge >= 0.3 is 0 Å². The molecule has 7 nitrogen and oxygen atoms in total. The summed E-state index contributed by atoms with van der Waals surface area (Å²) in [5.41, 5.74) is 0.857. The van der Waals surface area contributed by atoms with E-state index in [0.717, 1.165) is 5.69 Å². The van der Waals surface area contributed by atoms with E-state index in [4.69, 9.17) is 9.47 Å². The summed E-state index contributed by atoms with van der Waals surface area (Å²) in [5.74, 6) is 0.717. The highest BCUT2D eigenvalue weighted by Gasteiger charge is 2.20. The molecule has 1 aromatic carbocycles. The molecule has 0 amide bonds. The molecule has 8 heteroatoms. The Balaban J connectivity index is 2.14. The van der Waals surface area contributed by atoms with E-state index < -0.39 is 10.0 Å². The molecule has 0 bridgehead atoms. The van der Waals surface area contributed by atoms with Gasteiger partial charge in [-0.1, -0.05) is 0 Å². The maximum atomic E-state index is 12.3. The van der Waals surface area contributed by atoms with E-state index in [-0.39, 0.29) is 17.2 Å². The largest absolute Gasteiger partial charge is 0.497 e. The zero-order valence-electron chi connectivity index (χ0n) is 11.8. The molecule has 1 aromatic heterocycles. The number of aromatic nitrogens is 2. The normalized spacial score (nSPS) is 11.3. The Labute approximate surface area is 123 Å². The third kappa shape index (κ3) is 3.73. The van der Waals surface area contributed by atoms with Gasteiger partial charge in [-0.05, 0) is 18.2 Å². The Bertz CT molecular complexity index is 683. The number of benzene rings is 1. The first-order valence-corrected chi connectivity index (χ1v) is 7.75. The Morgan fingerprint density at radius 2 is 2.05 bits per heavy atom. The molecule has 1 heterocycles. The summed E-state index contributed by atoms with van der Waals surface area (Å²) in [6, 6.07) is 6.42. The van der Waals surface area contributed by atoms with Gasteiger partial charge in [-0.15, -0.1) is 0 Å². The van der Waals surface area contributed by atoms with Gasteiger partial charge in [-0.2, -0.15) is 5.10 Å². The lowest BCUT2D eigenvalue weighted by Gasteiger charge is -2.11. The lowest BCUT2D eigenvalue weighted by atomic mass is 10.3. The van der Waals surface area contributed by atoms with Crippen molar-refractivity contribution in [3.8, 4) is 11.5 Å². The van der Waals surface area contributed by atoms with Crippen LogP contribution in [0.2, 0.25) is 0 Å². The fourth-order valence-corrected chi connectivity index (χ4v) is 3.03. The average Bonchev–Trinajstić information content (AvgIpc) is 2.99. The Kier molecular flexibility index (Phi) is 4.81. The molecule has 0 saturated heterocycles. The molecule has 0 spiro atoms. The summed E-state index contributed by atoms with van der Waals surface area (Å²) in [4.78, 5) is 0.0500. The summed E-state index contributed by atoms with van der Waals surface area (Å²) < 4.78 is 37.3. The van der Waals surface area contributed by atoms with Gasteiger partial charge in [0.05, 0.1) is 14.2 Å². The summed E-state index contributed by atoms with van der Waals surface area (Å²) in [6.07, 6.45) is 2.14. The standard InChI is InChI=1S/C13H17N3O4S/c1-19-11-3-4-12(20-2)13(9-11)21(17,18)15-8-6-10-5-7-14-16-10/h3-5,7,9,15H,6,8H2,1-2H3,(H,14,16). The minimum absolute atomic E-state index is 0.0500. The van der Waals surface area contributed by atoms with Crippen LogP contribution in [0.4, 0.5) is 0 Å². The van der Waals surface area contributed by atoms with Gasteiger partial charge in [0.15, 0.2) is 0 Å². The monoisotopic (exact) mass is 311 g/mol. The van der Waals surface area contributed by atoms with Crippen molar-refractivity contribution in [3.63, 3.8) is 0 Å². The van der Waals surface area contributed by atoms with Crippen LogP contribution in [0.25, 0.3) is 0 Å². The highest BCUT2D eigenvalue weighted by molar-refractivity contribution is 7.89. The number of H-pyrrole nitrogens is 1. The second-order valence-electron chi connectivity index (χ2n) is 4.25. The van der Waals surface area contributed by atoms with Crippen LogP contribution in [0.5, 0.6) is 11.5 Å². The van der Waals surface area contributed by atoms with Crippen molar-refractivity contribution in [2.24, 2.45) is 0 Å². The predicted octanol–water partition coefficient (Wildman–Crippen LogP) is 0.948. The minimum atomic E-state index is -3.68. The molecule has 0 radical (unpaired) electrons. The number of aromatic amines is 1. The topological polar surface area (TPSA) is 93.3 Å². The second-order valence-corrected chi connectivity index (χ2v) is 5.98. The lowest BCUT2D eigenvalue weighted by Crippen LogP contribution is -2.26. The third-order valence-corrected chi connectivity index (χ3v) is 4.39. The molecular weight excluding hydrogens is 294 g/mol. The van der Waals surface area contributed by atoms with Gasteiger partial charge in [-0.3, -0.25) is 5.10 Å². The van der Waals surface area contributed by atoms with Crippen molar-refractivity contribution in [2.75, 3.05) is 20.8 Å². The van der Waals surface area contributed by atoms with Gasteiger partial charge in [0, 0.05) is 30.9 Å². The molecule has 0 fully saturated rings. The van der Waals surface area contributed by atoms with Crippen molar-refractivity contribution < 1.29 is 17.9 Å². The first-order valence-electron chi connectivity index (χ1n) is 6.27. The quantitative estimate of drug-likeness (QED) is 0.794. The number of rotatable bonds is 7. The summed E-state index contributed by atoms with van der Waals surface area (Å²) in [7, 11) is -0.780. The number of hydrogen-bond donors (Lipinski definition) is 2. The molecule has 2 aromatic rings. The molecule has 0 atom stereocenters. The highest BCUT2D eigenvalue weighted by Crippen LogP contribution is 2.27. The Morgan fingerprint density at radius 1 is 1.24 bits per heavy atom. The fraction of sp³-hybridized carbons (Fsp3) is 0.308. The molecule has 0 unspecified atom stereocenters. The molecule has 0 aliphatic heterocycles. The van der Waals surface area contributed by atoms with E-state index in [1.807, 2.05) is 0 Å². The van der Waals surface area contributed by atoms with Crippen molar-refractivity contribution in [1.82, 2.24) is 14.9 Å². The van der Waals surface area contributed by atoms with Crippen LogP contribution in [0, 0.1) is 0 Å². The molecule has 0 aliphatic carbocycles. The Morgan fingerprint density at radius 3 is 2.67 bits per heavy atom. The van der Waals surface area contributed by atoms with Gasteiger partial charge in [0.2, 0.25) is 10.0 Å². The number of nitrogens with zero attached hydrogens (tertiary/aromatic N) is 1. The molecule has 0 aliphatic rings. The first-order chi connectivity index (χ1) is 10.1. The summed E-state index contributed by atoms with van der Waals surface area (Å²) in [6.45, 7) is 0.255. The van der Waals surface area contributed by atoms with Crippen LogP contribution in [0.1, 0.15) is 5.69 Å². The van der Waals surface area contributed by atoms with Gasteiger partial charge in [0.25, 0.3) is 0 Å². The molecule has 2 N–H and O–H groups in total. The van der Waals surface area contributed by atoms with Crippen LogP contribution in [-0.4, -0.2) is 39.4 Å². The van der Waals surface area contributed by atoms with E-state index >= 15 is 0 Å². The number of hydrogen-bond acceptors (Lipinski definition) is 5. The number of ether oxygens (including phenoxy) is 2. The smallest absolute Gasteiger partial charge is 0.244 e. The highest BCUT2D eigenvalue weighted by atomic mass is 32.2. The van der Waals surface area contributed by atoms with Gasteiger partial charge in [0.1, 0.15) is 16.4 Å². The van der Waals surface area contributed by atoms with Crippen molar-refractivity contribution in [2.45, 2.75) is 11.3 Å². The van der Waals surface area contributed by atoms with E-state index in [1.165, 1.54) is 20.3 Å². The Hall–Kier alpha value is -2.06. The lowest BCUT2D eigenvalue weighted by molar-refractivity contribution is 0.392. The van der Waals surface area contributed by atoms with Gasteiger partial charge < -0.3 is 9.47 Å². The summed E-state index contributed by atoms with van der Waals surface area (Å²) in [5, 5.41) is 6.58. The van der Waals surface area contributed by atoms with Crippen LogP contribution in [-0.2, 0) is 16.4 Å². The average molecular weight is 311 g/mol. The molecule has 0 saturated carbocycles. The molecular formula is C13H17N3O4S. The van der Waals surface area contributed by atoms with E-state index in [0.29, 0.717) is 12.2 Å². The van der Waals surface area contributed by atoms with Crippen molar-refractivity contribution in [1.29, 1.82) is 0 Å². The van der Waals surface area contributed by atoms with Crippen LogP contribution >= 0.6 is 0 Å². The van der Waals surface area contributed by atoms with Crippen LogP contribution in [0.15, 0.2) is 35.4 Å². The van der Waals surface area contributed by atoms with Gasteiger partial charge in [-0.25, -0.2) is 13.1 Å². The third-order valence-electron chi connectivity index (χ3n) is 2.91. The SMILES string of the molecule is COc1ccc(OC)c(S(=O)(=O)NCCc2ccn[nH]2)c1. The zero-order chi connectivity index (χ0) is 15.3. The molecule has 114 valence electrons. The van der Waals surface area contributed by atoms with E-state index in [2.05, 4.69) is 14.9 Å². The van der Waals surface area contributed by atoms with Crippen LogP contribution in [0.3, 0.4) is 0 Å². The van der Waals surface area contributed by atoms with E-state index in [1.54, 1.807) is 24.4 Å². The minimum Gasteiger partial charge on any atom is -0.497 e. The second kappa shape index (κ2) is 6.59. The number of sulfonamides is 1. The molecule has 21 heavy (non-hydrogen) atoms. The summed E-state index contributed by atoms with van der Waals surface area (Å²) >= 11 is 0. The maximum absolute atomic E-state index is 12.3. The first kappa shape index (κ1) is 15.3. The van der Waals surface area contributed by atoms with Crippen molar-refractivity contribution >= 4 is 10.0 Å². The fourth-order valence-electron chi connectivity index (χ4n) is 1.82. The predicted molar refractivity (Wildman–Crippen MR) is 77.0 cm³/mol. The molecule has 2 rings (SSSR count). The zero-order valence-corrected chi connectivity index (χ0v) is 12.6. The number of nitrogens with one attached hydrogen (secondary N) is 2. The van der Waals surface area contributed by atoms with E-state index in [9.17, 15) is 8.42 Å². The van der Waals surface area contributed by atoms with Crippen molar-refractivity contribution in [3.05, 3.63) is 36.2 Å². The maximum Gasteiger partial charge on any atom is 0.244 e.